The second-order valence-corrected chi connectivity index (χ2v) is 6.15. The number of fused-ring (bicyclic) bond motifs is 2. The third kappa shape index (κ3) is 2.30. The van der Waals surface area contributed by atoms with E-state index in [1.165, 1.54) is 43.6 Å². The molecule has 18 heavy (non-hydrogen) atoms. The van der Waals surface area contributed by atoms with Gasteiger partial charge in [0.1, 0.15) is 0 Å². The molecule has 2 unspecified atom stereocenters. The molecular formula is C15H21BrN2. The van der Waals surface area contributed by atoms with Gasteiger partial charge in [-0.1, -0.05) is 28.1 Å². The second-order valence-electron chi connectivity index (χ2n) is 5.59. The van der Waals surface area contributed by atoms with Gasteiger partial charge in [-0.15, -0.1) is 0 Å². The number of alkyl halides is 1. The lowest BCUT2D eigenvalue weighted by Gasteiger charge is -2.27. The summed E-state index contributed by atoms with van der Waals surface area (Å²) in [5.74, 6) is 0. The van der Waals surface area contributed by atoms with E-state index in [1.54, 1.807) is 0 Å². The van der Waals surface area contributed by atoms with Gasteiger partial charge in [0.05, 0.1) is 0 Å². The van der Waals surface area contributed by atoms with E-state index in [2.05, 4.69) is 57.0 Å². The first-order valence-corrected chi connectivity index (χ1v) is 8.02. The Morgan fingerprint density at radius 2 is 1.83 bits per heavy atom. The average molecular weight is 309 g/mol. The van der Waals surface area contributed by atoms with Gasteiger partial charge in [0.25, 0.3) is 0 Å². The third-order valence-electron chi connectivity index (χ3n) is 4.60. The van der Waals surface area contributed by atoms with Gasteiger partial charge in [-0.3, -0.25) is 4.90 Å². The van der Waals surface area contributed by atoms with Crippen LogP contribution in [0.15, 0.2) is 24.3 Å². The molecule has 0 aromatic heterocycles. The highest BCUT2D eigenvalue weighted by molar-refractivity contribution is 9.08. The topological polar surface area (TPSA) is 6.48 Å². The molecule has 1 aromatic carbocycles. The summed E-state index contributed by atoms with van der Waals surface area (Å²) in [5.41, 5.74) is 2.74. The zero-order chi connectivity index (χ0) is 12.5. The molecule has 2 heterocycles. The number of rotatable bonds is 2. The Kier molecular flexibility index (Phi) is 3.62. The van der Waals surface area contributed by atoms with Gasteiger partial charge in [0.15, 0.2) is 0 Å². The quantitative estimate of drug-likeness (QED) is 0.774. The van der Waals surface area contributed by atoms with E-state index in [0.717, 1.165) is 17.4 Å². The molecule has 2 aliphatic heterocycles. The molecule has 2 saturated heterocycles. The molecule has 98 valence electrons. The molecule has 2 atom stereocenters. The maximum absolute atomic E-state index is 3.50. The van der Waals surface area contributed by atoms with E-state index >= 15 is 0 Å². The number of benzene rings is 1. The minimum atomic E-state index is 0.758. The van der Waals surface area contributed by atoms with E-state index in [-0.39, 0.29) is 0 Å². The van der Waals surface area contributed by atoms with E-state index in [9.17, 15) is 0 Å². The van der Waals surface area contributed by atoms with Crippen molar-refractivity contribution in [3.63, 3.8) is 0 Å². The van der Waals surface area contributed by atoms with Crippen molar-refractivity contribution >= 4 is 21.6 Å². The van der Waals surface area contributed by atoms with Crippen molar-refractivity contribution < 1.29 is 0 Å². The van der Waals surface area contributed by atoms with Gasteiger partial charge in [-0.25, -0.2) is 0 Å². The van der Waals surface area contributed by atoms with Crippen LogP contribution < -0.4 is 4.90 Å². The number of likely N-dealkylation sites (N-methyl/N-ethyl adjacent to an activating group) is 1. The van der Waals surface area contributed by atoms with Crippen LogP contribution in [0, 0.1) is 0 Å². The molecule has 0 spiro atoms. The SMILES string of the molecule is CN1C2CCC1CN(c1ccc(CBr)cc1)CC2. The van der Waals surface area contributed by atoms with Crippen molar-refractivity contribution in [2.75, 3.05) is 25.0 Å². The second kappa shape index (κ2) is 5.22. The predicted octanol–water partition coefficient (Wildman–Crippen LogP) is 3.25. The van der Waals surface area contributed by atoms with E-state index in [4.69, 9.17) is 0 Å². The maximum atomic E-state index is 3.50. The van der Waals surface area contributed by atoms with Crippen LogP contribution in [0.1, 0.15) is 24.8 Å². The van der Waals surface area contributed by atoms with Crippen LogP contribution in [0.2, 0.25) is 0 Å². The molecule has 3 heteroatoms. The Morgan fingerprint density at radius 3 is 2.56 bits per heavy atom. The van der Waals surface area contributed by atoms with Gasteiger partial charge in [-0.05, 0) is 44.0 Å². The largest absolute Gasteiger partial charge is 0.370 e. The van der Waals surface area contributed by atoms with Crippen molar-refractivity contribution in [3.05, 3.63) is 29.8 Å². The summed E-state index contributed by atoms with van der Waals surface area (Å²) in [6.07, 6.45) is 4.09. The summed E-state index contributed by atoms with van der Waals surface area (Å²) in [7, 11) is 2.31. The van der Waals surface area contributed by atoms with Crippen molar-refractivity contribution in [1.82, 2.24) is 4.90 Å². The average Bonchev–Trinajstić information content (AvgIpc) is 2.64. The fraction of sp³-hybridized carbons (Fsp3) is 0.600. The highest BCUT2D eigenvalue weighted by Crippen LogP contribution is 2.30. The van der Waals surface area contributed by atoms with Crippen molar-refractivity contribution in [3.8, 4) is 0 Å². The summed E-state index contributed by atoms with van der Waals surface area (Å²) < 4.78 is 0. The lowest BCUT2D eigenvalue weighted by molar-refractivity contribution is 0.254. The zero-order valence-electron chi connectivity index (χ0n) is 11.0. The molecule has 0 N–H and O–H groups in total. The van der Waals surface area contributed by atoms with Crippen molar-refractivity contribution in [1.29, 1.82) is 0 Å². The van der Waals surface area contributed by atoms with Crippen LogP contribution in [0.5, 0.6) is 0 Å². The molecule has 2 nitrogen and oxygen atoms in total. The number of anilines is 1. The Bertz CT molecular complexity index is 403. The van der Waals surface area contributed by atoms with E-state index in [1.807, 2.05) is 0 Å². The van der Waals surface area contributed by atoms with Crippen LogP contribution >= 0.6 is 15.9 Å². The first-order chi connectivity index (χ1) is 8.78. The Labute approximate surface area is 118 Å². The third-order valence-corrected chi connectivity index (χ3v) is 5.25. The number of halogens is 1. The predicted molar refractivity (Wildman–Crippen MR) is 80.5 cm³/mol. The number of nitrogens with zero attached hydrogens (tertiary/aromatic N) is 2. The minimum absolute atomic E-state index is 0.758. The van der Waals surface area contributed by atoms with Gasteiger partial charge in [-0.2, -0.15) is 0 Å². The Balaban J connectivity index is 1.76. The summed E-state index contributed by atoms with van der Waals surface area (Å²) in [6, 6.07) is 10.6. The van der Waals surface area contributed by atoms with Gasteiger partial charge < -0.3 is 4.90 Å². The molecule has 0 aliphatic carbocycles. The zero-order valence-corrected chi connectivity index (χ0v) is 12.6. The lowest BCUT2D eigenvalue weighted by atomic mass is 10.1. The summed E-state index contributed by atoms with van der Waals surface area (Å²) in [5, 5.41) is 0.945. The van der Waals surface area contributed by atoms with E-state index < -0.39 is 0 Å². The van der Waals surface area contributed by atoms with Crippen LogP contribution in [0.4, 0.5) is 5.69 Å². The Morgan fingerprint density at radius 1 is 1.11 bits per heavy atom. The highest BCUT2D eigenvalue weighted by Gasteiger charge is 2.34. The molecule has 0 saturated carbocycles. The highest BCUT2D eigenvalue weighted by atomic mass is 79.9. The smallest absolute Gasteiger partial charge is 0.0366 e. The molecular weight excluding hydrogens is 288 g/mol. The molecule has 0 amide bonds. The fourth-order valence-corrected chi connectivity index (χ4v) is 3.71. The first kappa shape index (κ1) is 12.5. The maximum Gasteiger partial charge on any atom is 0.0366 e. The number of hydrogen-bond acceptors (Lipinski definition) is 2. The summed E-state index contributed by atoms with van der Waals surface area (Å²) in [4.78, 5) is 5.17. The molecule has 0 radical (unpaired) electrons. The van der Waals surface area contributed by atoms with Gasteiger partial charge >= 0.3 is 0 Å². The van der Waals surface area contributed by atoms with Gasteiger partial charge in [0.2, 0.25) is 0 Å². The Hall–Kier alpha value is -0.540. The monoisotopic (exact) mass is 308 g/mol. The molecule has 1 aromatic rings. The normalized spacial score (nSPS) is 28.4. The molecule has 3 rings (SSSR count). The standard InChI is InChI=1S/C15H21BrN2/c1-17-13-6-7-15(17)11-18(9-8-13)14-4-2-12(10-16)3-5-14/h2-5,13,15H,6-11H2,1H3. The summed E-state index contributed by atoms with van der Waals surface area (Å²) in [6.45, 7) is 2.40. The lowest BCUT2D eigenvalue weighted by Crippen LogP contribution is -2.36. The number of hydrogen-bond donors (Lipinski definition) is 0. The van der Waals surface area contributed by atoms with Crippen LogP contribution in [0.25, 0.3) is 0 Å². The van der Waals surface area contributed by atoms with Crippen molar-refractivity contribution in [2.45, 2.75) is 36.7 Å². The van der Waals surface area contributed by atoms with Crippen molar-refractivity contribution in [2.24, 2.45) is 0 Å². The first-order valence-electron chi connectivity index (χ1n) is 6.89. The molecule has 2 aliphatic rings. The van der Waals surface area contributed by atoms with E-state index in [0.29, 0.717) is 0 Å². The minimum Gasteiger partial charge on any atom is -0.370 e. The van der Waals surface area contributed by atoms with Crippen LogP contribution in [-0.2, 0) is 5.33 Å². The van der Waals surface area contributed by atoms with Crippen LogP contribution in [-0.4, -0.2) is 37.1 Å². The molecule has 2 fully saturated rings. The van der Waals surface area contributed by atoms with Gasteiger partial charge in [0, 0.05) is 36.2 Å². The molecule has 2 bridgehead atoms. The summed E-state index contributed by atoms with van der Waals surface area (Å²) >= 11 is 3.50. The fourth-order valence-electron chi connectivity index (χ4n) is 3.34. The van der Waals surface area contributed by atoms with Crippen LogP contribution in [0.3, 0.4) is 0 Å².